The van der Waals surface area contributed by atoms with Crippen LogP contribution in [0.5, 0.6) is 0 Å². The number of aromatic carboxylic acids is 2. The summed E-state index contributed by atoms with van der Waals surface area (Å²) in [4.78, 5) is 64.2. The monoisotopic (exact) mass is 652 g/mol. The molecule has 0 aliphatic heterocycles. The molecule has 3 aromatic rings. The summed E-state index contributed by atoms with van der Waals surface area (Å²) < 4.78 is 0. The topological polar surface area (TPSA) is 174 Å². The number of anilines is 2. The van der Waals surface area contributed by atoms with Gasteiger partial charge in [0, 0.05) is 31.5 Å². The highest BCUT2D eigenvalue weighted by molar-refractivity contribution is 6.08. The molecule has 11 heteroatoms. The average molecular weight is 653 g/mol. The Morgan fingerprint density at radius 1 is 0.729 bits per heavy atom. The normalized spacial score (nSPS) is 22.7. The third-order valence-corrected chi connectivity index (χ3v) is 10.3. The Morgan fingerprint density at radius 2 is 1.31 bits per heavy atom. The molecule has 11 nitrogen and oxygen atoms in total. The summed E-state index contributed by atoms with van der Waals surface area (Å²) in [6, 6.07) is 17.0. The third kappa shape index (κ3) is 7.05. The minimum atomic E-state index is -1.34. The molecular weight excluding hydrogens is 612 g/mol. The van der Waals surface area contributed by atoms with Crippen molar-refractivity contribution in [2.24, 2.45) is 23.2 Å². The molecule has 0 radical (unpaired) electrons. The molecule has 4 aliphatic carbocycles. The van der Waals surface area contributed by atoms with Gasteiger partial charge in [-0.05, 0) is 104 Å². The molecule has 48 heavy (non-hydrogen) atoms. The maximum atomic E-state index is 13.7. The second kappa shape index (κ2) is 13.5. The van der Waals surface area contributed by atoms with E-state index in [-0.39, 0.29) is 45.8 Å². The first-order chi connectivity index (χ1) is 23.0. The highest BCUT2D eigenvalue weighted by Crippen LogP contribution is 2.59. The number of benzene rings is 3. The molecular formula is C37H40N4O7. The number of hydrogen-bond donors (Lipinski definition) is 6. The number of carbonyl (C=O) groups is 5. The quantitative estimate of drug-likeness (QED) is 0.154. The number of carboxylic acid groups (broad SMARTS) is 2. The summed E-state index contributed by atoms with van der Waals surface area (Å²) in [5, 5.41) is 30.5. The number of rotatable bonds is 12. The van der Waals surface area contributed by atoms with Crippen molar-refractivity contribution < 1.29 is 34.2 Å². The fourth-order valence-corrected chi connectivity index (χ4v) is 8.47. The van der Waals surface area contributed by atoms with Gasteiger partial charge in [0.25, 0.3) is 11.8 Å². The van der Waals surface area contributed by atoms with Crippen molar-refractivity contribution >= 4 is 41.0 Å². The van der Waals surface area contributed by atoms with Gasteiger partial charge in [0.15, 0.2) is 0 Å². The fourth-order valence-electron chi connectivity index (χ4n) is 8.47. The van der Waals surface area contributed by atoms with Gasteiger partial charge in [0.1, 0.15) is 0 Å². The van der Waals surface area contributed by atoms with Gasteiger partial charge in [-0.15, -0.1) is 0 Å². The lowest BCUT2D eigenvalue weighted by Crippen LogP contribution is -2.51. The zero-order valence-corrected chi connectivity index (χ0v) is 26.8. The summed E-state index contributed by atoms with van der Waals surface area (Å²) in [5.41, 5.74) is 1.17. The highest BCUT2D eigenvalue weighted by Gasteiger charge is 2.50. The van der Waals surface area contributed by atoms with Crippen LogP contribution in [-0.4, -0.2) is 60.0 Å². The second-order valence-electron chi connectivity index (χ2n) is 13.7. The van der Waals surface area contributed by atoms with Crippen molar-refractivity contribution in [2.45, 2.75) is 44.4 Å². The lowest BCUT2D eigenvalue weighted by Gasteiger charge is -2.56. The highest BCUT2D eigenvalue weighted by atomic mass is 16.4. The van der Waals surface area contributed by atoms with Crippen molar-refractivity contribution in [3.63, 3.8) is 0 Å². The van der Waals surface area contributed by atoms with Gasteiger partial charge in [-0.2, -0.15) is 0 Å². The van der Waals surface area contributed by atoms with Crippen molar-refractivity contribution in [2.75, 3.05) is 30.8 Å². The number of hydrogen-bond acceptors (Lipinski definition) is 6. The third-order valence-electron chi connectivity index (χ3n) is 10.3. The zero-order chi connectivity index (χ0) is 34.0. The first-order valence-corrected chi connectivity index (χ1v) is 16.4. The van der Waals surface area contributed by atoms with E-state index in [1.54, 1.807) is 55.6 Å². The van der Waals surface area contributed by atoms with Crippen LogP contribution in [-0.2, 0) is 4.79 Å². The van der Waals surface area contributed by atoms with E-state index in [4.69, 9.17) is 0 Å². The van der Waals surface area contributed by atoms with Gasteiger partial charge < -0.3 is 31.5 Å². The maximum absolute atomic E-state index is 13.7. The van der Waals surface area contributed by atoms with Crippen LogP contribution in [0.2, 0.25) is 0 Å². The van der Waals surface area contributed by atoms with Crippen molar-refractivity contribution in [3.8, 4) is 0 Å². The van der Waals surface area contributed by atoms with Crippen LogP contribution < -0.4 is 21.3 Å². The van der Waals surface area contributed by atoms with E-state index in [2.05, 4.69) is 21.3 Å². The van der Waals surface area contributed by atoms with Crippen LogP contribution in [0.1, 0.15) is 91.4 Å². The molecule has 7 rings (SSSR count). The lowest BCUT2D eigenvalue weighted by atomic mass is 9.49. The van der Waals surface area contributed by atoms with Crippen LogP contribution in [0, 0.1) is 23.2 Å². The Hall–Kier alpha value is -5.19. The summed E-state index contributed by atoms with van der Waals surface area (Å²) in [6.07, 6.45) is 7.35. The number of carboxylic acids is 2. The number of nitrogens with one attached hydrogen (secondary N) is 4. The van der Waals surface area contributed by atoms with Crippen molar-refractivity contribution in [1.82, 2.24) is 10.6 Å². The van der Waals surface area contributed by atoms with Crippen LogP contribution in [0.25, 0.3) is 0 Å². The number of carbonyl (C=O) groups excluding carboxylic acids is 3. The van der Waals surface area contributed by atoms with Crippen molar-refractivity contribution in [1.29, 1.82) is 0 Å². The summed E-state index contributed by atoms with van der Waals surface area (Å²) >= 11 is 0. The molecule has 4 bridgehead atoms. The summed E-state index contributed by atoms with van der Waals surface area (Å²) in [6.45, 7) is 0.435. The predicted octanol–water partition coefficient (Wildman–Crippen LogP) is 5.22. The minimum absolute atomic E-state index is 0.00908. The largest absolute Gasteiger partial charge is 0.478 e. The van der Waals surface area contributed by atoms with Crippen LogP contribution in [0.3, 0.4) is 0 Å². The molecule has 0 spiro atoms. The molecule has 3 amide bonds. The van der Waals surface area contributed by atoms with E-state index in [1.807, 2.05) is 0 Å². The fraction of sp³-hybridized carbons (Fsp3) is 0.378. The number of amides is 3. The molecule has 0 heterocycles. The van der Waals surface area contributed by atoms with Gasteiger partial charge in [0.05, 0.1) is 28.2 Å². The molecule has 1 unspecified atom stereocenters. The predicted molar refractivity (Wildman–Crippen MR) is 179 cm³/mol. The van der Waals surface area contributed by atoms with Gasteiger partial charge >= 0.3 is 11.9 Å². The second-order valence-corrected chi connectivity index (χ2v) is 13.7. The first-order valence-electron chi connectivity index (χ1n) is 16.4. The van der Waals surface area contributed by atoms with Crippen molar-refractivity contribution in [3.05, 3.63) is 94.5 Å². The molecule has 250 valence electrons. The Morgan fingerprint density at radius 3 is 1.88 bits per heavy atom. The molecule has 0 aromatic heterocycles. The average Bonchev–Trinajstić information content (AvgIpc) is 3.06. The lowest BCUT2D eigenvalue weighted by molar-refractivity contribution is -0.117. The Kier molecular flexibility index (Phi) is 9.21. The van der Waals surface area contributed by atoms with E-state index < -0.39 is 29.7 Å². The molecule has 4 saturated carbocycles. The summed E-state index contributed by atoms with van der Waals surface area (Å²) in [5.74, 6) is -2.82. The van der Waals surface area contributed by atoms with Gasteiger partial charge in [-0.25, -0.2) is 9.59 Å². The van der Waals surface area contributed by atoms with E-state index in [9.17, 15) is 34.2 Å². The summed E-state index contributed by atoms with van der Waals surface area (Å²) in [7, 11) is 1.74. The van der Waals surface area contributed by atoms with E-state index in [1.165, 1.54) is 31.4 Å². The van der Waals surface area contributed by atoms with Gasteiger partial charge in [-0.3, -0.25) is 14.4 Å². The molecule has 4 aliphatic rings. The Balaban J connectivity index is 1.19. The first kappa shape index (κ1) is 32.7. The van der Waals surface area contributed by atoms with Crippen LogP contribution >= 0.6 is 0 Å². The van der Waals surface area contributed by atoms with E-state index in [0.29, 0.717) is 17.8 Å². The van der Waals surface area contributed by atoms with Crippen LogP contribution in [0.15, 0.2) is 66.7 Å². The minimum Gasteiger partial charge on any atom is -0.478 e. The SMILES string of the molecule is CNc1ccc(C(=O)NCC(C(=O)Nc2cc(C(=O)O)cc(C(=O)O)c2)c2ccccc2)c(C(=O)NCC23CC4CC(CC(C4)C2)C3)c1. The zero-order valence-electron chi connectivity index (χ0n) is 26.8. The Labute approximate surface area is 278 Å². The Bertz CT molecular complexity index is 1690. The standard InChI is InChI=1S/C37H40N4O7/c1-38-27-7-8-29(30(15-27)33(43)40-20-37-16-21-9-22(17-37)11-23(10-21)18-37)32(42)39-19-31(24-5-3-2-4-6-24)34(44)41-28-13-25(35(45)46)12-26(14-28)36(47)48/h2-8,12-15,21-23,31,38H,9-11,16-20H2,1H3,(H,39,42)(H,40,43)(H,41,44)(H,45,46)(H,47,48). The molecule has 6 N–H and O–H groups in total. The molecule has 3 aromatic carbocycles. The van der Waals surface area contributed by atoms with E-state index >= 15 is 0 Å². The molecule has 0 saturated heterocycles. The van der Waals surface area contributed by atoms with Gasteiger partial charge in [0.2, 0.25) is 5.91 Å². The maximum Gasteiger partial charge on any atom is 0.335 e. The van der Waals surface area contributed by atoms with E-state index in [0.717, 1.165) is 43.1 Å². The smallest absolute Gasteiger partial charge is 0.335 e. The molecule has 4 fully saturated rings. The molecule has 1 atom stereocenters. The van der Waals surface area contributed by atoms with Crippen LogP contribution in [0.4, 0.5) is 11.4 Å². The van der Waals surface area contributed by atoms with Gasteiger partial charge in [-0.1, -0.05) is 30.3 Å².